The van der Waals surface area contributed by atoms with Gasteiger partial charge in [0.15, 0.2) is 0 Å². The first kappa shape index (κ1) is 31.8. The molecule has 6 rings (SSSR count). The SMILES string of the molecule is CCCCCC1CCC(c2ccc(-c3noc(-c4ccccc4-c4ccc(C5CCC(CCCCC)CC5)cc4)n3)cc2)CC1. The van der Waals surface area contributed by atoms with Crippen LogP contribution in [0.15, 0.2) is 77.3 Å². The van der Waals surface area contributed by atoms with Crippen LogP contribution < -0.4 is 0 Å². The number of unbranched alkanes of at least 4 members (excludes halogenated alkanes) is 4. The van der Waals surface area contributed by atoms with Gasteiger partial charge in [-0.05, 0) is 103 Å². The van der Waals surface area contributed by atoms with Crippen LogP contribution in [0.2, 0.25) is 0 Å². The van der Waals surface area contributed by atoms with E-state index in [1.54, 1.807) is 0 Å². The molecule has 2 saturated carbocycles. The van der Waals surface area contributed by atoms with Gasteiger partial charge in [0.2, 0.25) is 5.82 Å². The highest BCUT2D eigenvalue weighted by molar-refractivity contribution is 5.80. The zero-order valence-electron chi connectivity index (χ0n) is 27.9. The summed E-state index contributed by atoms with van der Waals surface area (Å²) in [4.78, 5) is 4.87. The molecule has 1 heterocycles. The summed E-state index contributed by atoms with van der Waals surface area (Å²) in [6, 6.07) is 26.7. The third kappa shape index (κ3) is 8.15. The molecule has 2 aliphatic carbocycles. The Hall–Kier alpha value is -3.20. The summed E-state index contributed by atoms with van der Waals surface area (Å²) in [5.41, 5.74) is 7.30. The number of nitrogens with zero attached hydrogens (tertiary/aromatic N) is 2. The molecule has 0 aliphatic heterocycles. The fraction of sp³-hybridized carbons (Fsp3) is 0.524. The van der Waals surface area contributed by atoms with Crippen molar-refractivity contribution in [3.8, 4) is 34.0 Å². The molecule has 1 aromatic heterocycles. The summed E-state index contributed by atoms with van der Waals surface area (Å²) in [6.45, 7) is 4.60. The Kier molecular flexibility index (Phi) is 11.2. The third-order valence-corrected chi connectivity index (χ3v) is 11.0. The van der Waals surface area contributed by atoms with Crippen molar-refractivity contribution in [2.45, 2.75) is 128 Å². The van der Waals surface area contributed by atoms with Crippen LogP contribution in [-0.4, -0.2) is 10.1 Å². The third-order valence-electron chi connectivity index (χ3n) is 11.0. The van der Waals surface area contributed by atoms with Crippen molar-refractivity contribution >= 4 is 0 Å². The maximum absolute atomic E-state index is 5.87. The molecular weight excluding hydrogens is 548 g/mol. The van der Waals surface area contributed by atoms with Gasteiger partial charge in [-0.25, -0.2) is 0 Å². The number of rotatable bonds is 13. The molecule has 0 saturated heterocycles. The zero-order chi connectivity index (χ0) is 30.8. The molecule has 0 amide bonds. The summed E-state index contributed by atoms with van der Waals surface area (Å²) in [5, 5.41) is 4.40. The van der Waals surface area contributed by atoms with Crippen LogP contribution in [-0.2, 0) is 0 Å². The Morgan fingerprint density at radius 1 is 0.556 bits per heavy atom. The molecule has 3 aromatic carbocycles. The van der Waals surface area contributed by atoms with Crippen molar-refractivity contribution in [1.82, 2.24) is 10.1 Å². The molecule has 2 fully saturated rings. The summed E-state index contributed by atoms with van der Waals surface area (Å²) < 4.78 is 5.87. The van der Waals surface area contributed by atoms with Gasteiger partial charge in [-0.3, -0.25) is 0 Å². The maximum Gasteiger partial charge on any atom is 0.258 e. The number of hydrogen-bond donors (Lipinski definition) is 0. The van der Waals surface area contributed by atoms with E-state index in [4.69, 9.17) is 9.51 Å². The number of hydrogen-bond acceptors (Lipinski definition) is 3. The van der Waals surface area contributed by atoms with Crippen molar-refractivity contribution in [1.29, 1.82) is 0 Å². The molecule has 45 heavy (non-hydrogen) atoms. The molecule has 0 atom stereocenters. The minimum Gasteiger partial charge on any atom is -0.334 e. The lowest BCUT2D eigenvalue weighted by molar-refractivity contribution is 0.303. The van der Waals surface area contributed by atoms with E-state index in [0.29, 0.717) is 23.6 Å². The summed E-state index contributed by atoms with van der Waals surface area (Å²) in [6.07, 6.45) is 21.9. The second-order valence-electron chi connectivity index (χ2n) is 14.1. The van der Waals surface area contributed by atoms with Gasteiger partial charge in [0.25, 0.3) is 5.89 Å². The summed E-state index contributed by atoms with van der Waals surface area (Å²) in [7, 11) is 0. The predicted octanol–water partition coefficient (Wildman–Crippen LogP) is 12.8. The lowest BCUT2D eigenvalue weighted by atomic mass is 9.77. The molecule has 0 radical (unpaired) electrons. The standard InChI is InChI=1S/C42H54N2O/c1-3-5-7-11-31-15-19-33(20-16-31)35-23-27-37(28-24-35)39-13-9-10-14-40(39)42-43-41(44-45-42)38-29-25-36(26-30-38)34-21-17-32(18-22-34)12-8-6-4-2/h9-10,13-14,23-34H,3-8,11-12,15-22H2,1-2H3. The Labute approximate surface area is 272 Å². The maximum atomic E-state index is 5.87. The van der Waals surface area contributed by atoms with Gasteiger partial charge >= 0.3 is 0 Å². The minimum atomic E-state index is 0.580. The van der Waals surface area contributed by atoms with Gasteiger partial charge in [0, 0.05) is 11.1 Å². The highest BCUT2D eigenvalue weighted by Gasteiger charge is 2.24. The predicted molar refractivity (Wildman–Crippen MR) is 188 cm³/mol. The van der Waals surface area contributed by atoms with E-state index < -0.39 is 0 Å². The fourth-order valence-corrected chi connectivity index (χ4v) is 8.15. The van der Waals surface area contributed by atoms with Crippen LogP contribution in [0.3, 0.4) is 0 Å². The van der Waals surface area contributed by atoms with Crippen LogP contribution in [0.5, 0.6) is 0 Å². The second-order valence-corrected chi connectivity index (χ2v) is 14.1. The van der Waals surface area contributed by atoms with Crippen LogP contribution in [0.4, 0.5) is 0 Å². The molecule has 0 spiro atoms. The molecule has 0 bridgehead atoms. The average molecular weight is 603 g/mol. The smallest absolute Gasteiger partial charge is 0.258 e. The summed E-state index contributed by atoms with van der Waals surface area (Å²) in [5.74, 6) is 4.51. The fourth-order valence-electron chi connectivity index (χ4n) is 8.15. The Morgan fingerprint density at radius 2 is 1.04 bits per heavy atom. The molecule has 3 heteroatoms. The van der Waals surface area contributed by atoms with Crippen LogP contribution in [0, 0.1) is 11.8 Å². The van der Waals surface area contributed by atoms with E-state index in [1.807, 2.05) is 0 Å². The molecular formula is C42H54N2O. The van der Waals surface area contributed by atoms with E-state index >= 15 is 0 Å². The number of aromatic nitrogens is 2. The van der Waals surface area contributed by atoms with Crippen molar-refractivity contribution in [2.75, 3.05) is 0 Å². The first-order chi connectivity index (χ1) is 22.2. The normalized spacial score (nSPS) is 22.0. The van der Waals surface area contributed by atoms with E-state index in [-0.39, 0.29) is 0 Å². The Morgan fingerprint density at radius 3 is 1.56 bits per heavy atom. The van der Waals surface area contributed by atoms with Crippen molar-refractivity contribution in [2.24, 2.45) is 11.8 Å². The van der Waals surface area contributed by atoms with Gasteiger partial charge < -0.3 is 4.52 Å². The van der Waals surface area contributed by atoms with Crippen molar-refractivity contribution in [3.05, 3.63) is 83.9 Å². The largest absolute Gasteiger partial charge is 0.334 e. The highest BCUT2D eigenvalue weighted by Crippen LogP contribution is 2.40. The average Bonchev–Trinajstić information content (AvgIpc) is 3.60. The first-order valence-electron chi connectivity index (χ1n) is 18.4. The minimum absolute atomic E-state index is 0.580. The van der Waals surface area contributed by atoms with E-state index in [0.717, 1.165) is 28.5 Å². The van der Waals surface area contributed by atoms with E-state index in [1.165, 1.54) is 119 Å². The molecule has 3 nitrogen and oxygen atoms in total. The van der Waals surface area contributed by atoms with Gasteiger partial charge in [0.1, 0.15) is 0 Å². The topological polar surface area (TPSA) is 38.9 Å². The molecule has 0 N–H and O–H groups in total. The Balaban J connectivity index is 1.08. The van der Waals surface area contributed by atoms with Crippen molar-refractivity contribution in [3.63, 3.8) is 0 Å². The highest BCUT2D eigenvalue weighted by atomic mass is 16.5. The number of benzene rings is 3. The molecule has 2 aliphatic rings. The zero-order valence-corrected chi connectivity index (χ0v) is 27.9. The lowest BCUT2D eigenvalue weighted by Gasteiger charge is -2.29. The van der Waals surface area contributed by atoms with Crippen LogP contribution in [0.25, 0.3) is 34.0 Å². The van der Waals surface area contributed by atoms with Gasteiger partial charge in [-0.2, -0.15) is 4.98 Å². The molecule has 4 aromatic rings. The molecule has 0 unspecified atom stereocenters. The van der Waals surface area contributed by atoms with Crippen molar-refractivity contribution < 1.29 is 4.52 Å². The second kappa shape index (κ2) is 15.9. The monoisotopic (exact) mass is 602 g/mol. The Bertz CT molecular complexity index is 1440. The quantitative estimate of drug-likeness (QED) is 0.143. The van der Waals surface area contributed by atoms with E-state index in [2.05, 4.69) is 91.8 Å². The van der Waals surface area contributed by atoms with Gasteiger partial charge in [-0.15, -0.1) is 0 Å². The summed E-state index contributed by atoms with van der Waals surface area (Å²) >= 11 is 0. The van der Waals surface area contributed by atoms with Crippen LogP contribution >= 0.6 is 0 Å². The van der Waals surface area contributed by atoms with Gasteiger partial charge in [-0.1, -0.05) is 137 Å². The molecule has 238 valence electrons. The van der Waals surface area contributed by atoms with E-state index in [9.17, 15) is 0 Å². The lowest BCUT2D eigenvalue weighted by Crippen LogP contribution is -2.13. The van der Waals surface area contributed by atoms with Crippen LogP contribution in [0.1, 0.15) is 140 Å². The van der Waals surface area contributed by atoms with Gasteiger partial charge in [0.05, 0.1) is 0 Å². The first-order valence-corrected chi connectivity index (χ1v) is 18.4.